The number of pyridine rings is 2. The van der Waals surface area contributed by atoms with Gasteiger partial charge in [-0.05, 0) is 89.1 Å². The normalized spacial score (nSPS) is 18.7. The van der Waals surface area contributed by atoms with Crippen molar-refractivity contribution in [1.82, 2.24) is 29.8 Å². The van der Waals surface area contributed by atoms with E-state index in [2.05, 4.69) is 39.5 Å². The maximum Gasteiger partial charge on any atom is 0.394 e. The Morgan fingerprint density at radius 1 is 1.17 bits per heavy atom. The summed E-state index contributed by atoms with van der Waals surface area (Å²) in [4.78, 5) is 20.9. The Bertz CT molecular complexity index is 1640. The number of anilines is 1. The zero-order valence-electron chi connectivity index (χ0n) is 25.5. The van der Waals surface area contributed by atoms with Gasteiger partial charge in [0.05, 0.1) is 29.5 Å². The average Bonchev–Trinajstić information content (AvgIpc) is 3.51. The molecule has 1 atom stereocenters. The second-order valence-electron chi connectivity index (χ2n) is 12.6. The first-order chi connectivity index (χ1) is 21.7. The molecule has 1 saturated heterocycles. The van der Waals surface area contributed by atoms with Crippen molar-refractivity contribution in [3.05, 3.63) is 53.4 Å². The fraction of sp³-hybridized carbons (Fsp3) is 0.533. The highest BCUT2D eigenvalue weighted by atomic mass is 35.5. The SMILES string of the molecule is CC1(C)CC(CCCCNc2ccc(S(=O)(=O)NC(=O)c3ccc(-n4ccc(OCCC5(C(F)(F)F)CC5)n4)nc3Cl)nc2)CN1. The minimum absolute atomic E-state index is 0.0934. The van der Waals surface area contributed by atoms with E-state index in [9.17, 15) is 26.4 Å². The van der Waals surface area contributed by atoms with Gasteiger partial charge < -0.3 is 15.4 Å². The van der Waals surface area contributed by atoms with Crippen LogP contribution in [0.2, 0.25) is 5.15 Å². The molecule has 2 fully saturated rings. The monoisotopic (exact) mass is 683 g/mol. The van der Waals surface area contributed by atoms with Crippen molar-refractivity contribution < 1.29 is 31.1 Å². The number of nitrogens with zero attached hydrogens (tertiary/aromatic N) is 4. The number of halogens is 4. The van der Waals surface area contributed by atoms with Gasteiger partial charge in [0, 0.05) is 24.3 Å². The molecule has 5 rings (SSSR count). The van der Waals surface area contributed by atoms with Crippen LogP contribution < -0.4 is 20.1 Å². The van der Waals surface area contributed by atoms with Crippen LogP contribution in [-0.4, -0.2) is 65.5 Å². The van der Waals surface area contributed by atoms with Gasteiger partial charge in [-0.1, -0.05) is 18.0 Å². The number of carbonyl (C=O) groups is 1. The molecule has 0 radical (unpaired) electrons. The molecule has 2 aliphatic rings. The second kappa shape index (κ2) is 13.4. The van der Waals surface area contributed by atoms with E-state index in [1.165, 1.54) is 47.8 Å². The van der Waals surface area contributed by atoms with Crippen molar-refractivity contribution in [3.63, 3.8) is 0 Å². The summed E-state index contributed by atoms with van der Waals surface area (Å²) < 4.78 is 73.6. The standard InChI is InChI=1S/C30H37ClF3N7O4S/c1-28(2)17-20(18-37-28)5-3-4-14-35-21-6-9-25(36-19-21)46(43,44)40-27(42)22-7-8-23(38-26(22)31)41-15-10-24(39-41)45-16-13-29(11-12-29)30(32,33)34/h6-10,15,19-20,35,37H,3-5,11-14,16-18H2,1-2H3,(H,40,42). The molecule has 1 unspecified atom stereocenters. The molecule has 0 aromatic carbocycles. The van der Waals surface area contributed by atoms with Gasteiger partial charge >= 0.3 is 6.18 Å². The predicted molar refractivity (Wildman–Crippen MR) is 166 cm³/mol. The first-order valence-corrected chi connectivity index (χ1v) is 17.0. The first kappa shape index (κ1) is 33.9. The number of hydrogen-bond donors (Lipinski definition) is 3. The van der Waals surface area contributed by atoms with Gasteiger partial charge in [0.25, 0.3) is 15.9 Å². The van der Waals surface area contributed by atoms with Gasteiger partial charge in [-0.2, -0.15) is 21.6 Å². The third-order valence-corrected chi connectivity index (χ3v) is 9.97. The summed E-state index contributed by atoms with van der Waals surface area (Å²) in [5, 5.41) is 10.3. The highest BCUT2D eigenvalue weighted by Crippen LogP contribution is 2.59. The van der Waals surface area contributed by atoms with Crippen LogP contribution in [0.4, 0.5) is 18.9 Å². The Hall–Kier alpha value is -3.43. The van der Waals surface area contributed by atoms with Gasteiger partial charge in [0.15, 0.2) is 10.8 Å². The molecule has 3 N–H and O–H groups in total. The summed E-state index contributed by atoms with van der Waals surface area (Å²) in [6, 6.07) is 7.01. The summed E-state index contributed by atoms with van der Waals surface area (Å²) in [7, 11) is -4.31. The molecule has 3 aromatic rings. The molecule has 250 valence electrons. The topological polar surface area (TPSA) is 140 Å². The number of nitrogens with one attached hydrogen (secondary N) is 3. The average molecular weight is 684 g/mol. The number of sulfonamides is 1. The van der Waals surface area contributed by atoms with Crippen LogP contribution in [0.25, 0.3) is 5.82 Å². The Kier molecular flexibility index (Phi) is 9.85. The number of rotatable bonds is 14. The van der Waals surface area contributed by atoms with Crippen LogP contribution >= 0.6 is 11.6 Å². The predicted octanol–water partition coefficient (Wildman–Crippen LogP) is 5.52. The van der Waals surface area contributed by atoms with E-state index in [1.807, 2.05) is 4.72 Å². The Morgan fingerprint density at radius 2 is 1.96 bits per heavy atom. The molecule has 0 spiro atoms. The van der Waals surface area contributed by atoms with Crippen molar-refractivity contribution in [2.45, 2.75) is 75.5 Å². The lowest BCUT2D eigenvalue weighted by atomic mass is 9.93. The zero-order chi connectivity index (χ0) is 33.2. The number of aromatic nitrogens is 4. The van der Waals surface area contributed by atoms with Crippen LogP contribution in [0.15, 0.2) is 47.8 Å². The minimum atomic E-state index is -4.31. The molecule has 1 aliphatic carbocycles. The highest BCUT2D eigenvalue weighted by Gasteiger charge is 2.62. The molecular weight excluding hydrogens is 647 g/mol. The summed E-state index contributed by atoms with van der Waals surface area (Å²) in [6.07, 6.45) is 3.03. The lowest BCUT2D eigenvalue weighted by Crippen LogP contribution is -2.31. The molecule has 1 saturated carbocycles. The van der Waals surface area contributed by atoms with E-state index in [1.54, 1.807) is 6.07 Å². The molecule has 0 bridgehead atoms. The van der Waals surface area contributed by atoms with Crippen molar-refractivity contribution >= 4 is 33.2 Å². The van der Waals surface area contributed by atoms with E-state index in [0.717, 1.165) is 32.4 Å². The molecule has 1 amide bonds. The first-order valence-electron chi connectivity index (χ1n) is 15.1. The van der Waals surface area contributed by atoms with E-state index in [4.69, 9.17) is 16.3 Å². The van der Waals surface area contributed by atoms with Crippen molar-refractivity contribution in [2.75, 3.05) is 25.0 Å². The maximum absolute atomic E-state index is 13.1. The number of carbonyl (C=O) groups excluding carboxylic acids is 1. The van der Waals surface area contributed by atoms with Gasteiger partial charge in [-0.15, -0.1) is 5.10 Å². The van der Waals surface area contributed by atoms with Gasteiger partial charge in [0.1, 0.15) is 5.15 Å². The molecule has 16 heteroatoms. The Morgan fingerprint density at radius 3 is 2.59 bits per heavy atom. The fourth-order valence-electron chi connectivity index (χ4n) is 5.57. The second-order valence-corrected chi connectivity index (χ2v) is 14.5. The Balaban J connectivity index is 1.09. The molecule has 4 heterocycles. The smallest absolute Gasteiger partial charge is 0.394 e. The largest absolute Gasteiger partial charge is 0.477 e. The fourth-order valence-corrected chi connectivity index (χ4v) is 6.70. The lowest BCUT2D eigenvalue weighted by molar-refractivity contribution is -0.190. The molecule has 3 aromatic heterocycles. The number of unbranched alkanes of at least 4 members (excludes halogenated alkanes) is 1. The molecule has 11 nitrogen and oxygen atoms in total. The number of alkyl halides is 3. The third kappa shape index (κ3) is 8.28. The zero-order valence-corrected chi connectivity index (χ0v) is 27.1. The van der Waals surface area contributed by atoms with Gasteiger partial charge in [0.2, 0.25) is 5.88 Å². The van der Waals surface area contributed by atoms with Crippen molar-refractivity contribution in [2.24, 2.45) is 11.3 Å². The number of ether oxygens (including phenoxy) is 1. The third-order valence-electron chi connectivity index (χ3n) is 8.44. The van der Waals surface area contributed by atoms with Gasteiger partial charge in [-0.3, -0.25) is 4.79 Å². The van der Waals surface area contributed by atoms with Crippen molar-refractivity contribution in [3.8, 4) is 11.7 Å². The van der Waals surface area contributed by atoms with Crippen molar-refractivity contribution in [1.29, 1.82) is 0 Å². The number of hydrogen-bond acceptors (Lipinski definition) is 9. The number of amides is 1. The van der Waals surface area contributed by atoms with E-state index in [-0.39, 0.29) is 58.8 Å². The van der Waals surface area contributed by atoms with Crippen LogP contribution in [0.5, 0.6) is 5.88 Å². The van der Waals surface area contributed by atoms with Crippen LogP contribution in [0, 0.1) is 11.3 Å². The van der Waals surface area contributed by atoms with E-state index < -0.39 is 27.5 Å². The summed E-state index contributed by atoms with van der Waals surface area (Å²) >= 11 is 6.21. The van der Waals surface area contributed by atoms with Gasteiger partial charge in [-0.25, -0.2) is 19.4 Å². The summed E-state index contributed by atoms with van der Waals surface area (Å²) in [5.74, 6) is -0.0395. The van der Waals surface area contributed by atoms with Crippen LogP contribution in [0.3, 0.4) is 0 Å². The van der Waals surface area contributed by atoms with Crippen LogP contribution in [0.1, 0.15) is 69.2 Å². The maximum atomic E-state index is 13.1. The van der Waals surface area contributed by atoms with E-state index in [0.29, 0.717) is 11.6 Å². The molecule has 46 heavy (non-hydrogen) atoms. The highest BCUT2D eigenvalue weighted by molar-refractivity contribution is 7.90. The Labute approximate surface area is 270 Å². The summed E-state index contributed by atoms with van der Waals surface area (Å²) in [5.41, 5.74) is -0.997. The summed E-state index contributed by atoms with van der Waals surface area (Å²) in [6.45, 7) is 6.07. The molecular formula is C30H37ClF3N7O4S. The minimum Gasteiger partial charge on any atom is -0.477 e. The van der Waals surface area contributed by atoms with Crippen LogP contribution in [-0.2, 0) is 10.0 Å². The molecule has 1 aliphatic heterocycles. The lowest BCUT2D eigenvalue weighted by Gasteiger charge is -2.18. The quantitative estimate of drug-likeness (QED) is 0.148. The van der Waals surface area contributed by atoms with E-state index >= 15 is 0 Å².